The van der Waals surface area contributed by atoms with Gasteiger partial charge in [-0.2, -0.15) is 0 Å². The summed E-state index contributed by atoms with van der Waals surface area (Å²) in [6.45, 7) is 4.18. The molecule has 5 heteroatoms. The highest BCUT2D eigenvalue weighted by atomic mass is 79.9. The van der Waals surface area contributed by atoms with Crippen molar-refractivity contribution in [2.75, 3.05) is 18.9 Å². The van der Waals surface area contributed by atoms with Crippen LogP contribution in [0.5, 0.6) is 0 Å². The van der Waals surface area contributed by atoms with Crippen molar-refractivity contribution in [3.63, 3.8) is 0 Å². The molecule has 0 aliphatic rings. The molecule has 4 N–H and O–H groups in total. The van der Waals surface area contributed by atoms with E-state index in [1.165, 1.54) is 0 Å². The number of aliphatic hydroxyl groups is 1. The van der Waals surface area contributed by atoms with Crippen LogP contribution in [0.15, 0.2) is 22.7 Å². The van der Waals surface area contributed by atoms with E-state index in [0.717, 1.165) is 0 Å². The smallest absolute Gasteiger partial charge is 0.252 e. The first kappa shape index (κ1) is 14.0. The average Bonchev–Trinajstić information content (AvgIpc) is 2.29. The molecule has 0 heterocycles. The highest BCUT2D eigenvalue weighted by molar-refractivity contribution is 9.10. The lowest BCUT2D eigenvalue weighted by molar-refractivity contribution is 0.0910. The molecule has 0 atom stereocenters. The molecular weight excluding hydrogens is 284 g/mol. The molecule has 0 spiro atoms. The molecule has 1 amide bonds. The number of nitrogens with one attached hydrogen (secondary N) is 1. The molecular formula is C12H17BrN2O2. The van der Waals surface area contributed by atoms with Crippen molar-refractivity contribution in [2.45, 2.75) is 13.8 Å². The molecule has 0 fully saturated rings. The minimum absolute atomic E-state index is 0.0192. The molecule has 0 radical (unpaired) electrons. The zero-order valence-electron chi connectivity index (χ0n) is 9.96. The van der Waals surface area contributed by atoms with Gasteiger partial charge in [0, 0.05) is 28.7 Å². The average molecular weight is 301 g/mol. The fraction of sp³-hybridized carbons (Fsp3) is 0.417. The van der Waals surface area contributed by atoms with E-state index in [1.54, 1.807) is 18.2 Å². The van der Waals surface area contributed by atoms with Gasteiger partial charge in [-0.25, -0.2) is 0 Å². The Morgan fingerprint density at radius 3 is 2.76 bits per heavy atom. The van der Waals surface area contributed by atoms with Gasteiger partial charge in [0.2, 0.25) is 0 Å². The maximum absolute atomic E-state index is 11.9. The topological polar surface area (TPSA) is 75.3 Å². The number of nitrogens with two attached hydrogens (primary N) is 1. The maximum Gasteiger partial charge on any atom is 0.252 e. The highest BCUT2D eigenvalue weighted by Crippen LogP contribution is 2.20. The van der Waals surface area contributed by atoms with Crippen LogP contribution in [0.4, 0.5) is 5.69 Å². The predicted molar refractivity (Wildman–Crippen MR) is 71.8 cm³/mol. The van der Waals surface area contributed by atoms with E-state index in [0.29, 0.717) is 22.3 Å². The zero-order chi connectivity index (χ0) is 13.1. The summed E-state index contributed by atoms with van der Waals surface area (Å²) >= 11 is 3.30. The summed E-state index contributed by atoms with van der Waals surface area (Å²) in [6.07, 6.45) is 0. The van der Waals surface area contributed by atoms with Gasteiger partial charge in [0.25, 0.3) is 5.91 Å². The van der Waals surface area contributed by atoms with Crippen LogP contribution in [0.3, 0.4) is 0 Å². The fourth-order valence-electron chi connectivity index (χ4n) is 1.19. The zero-order valence-corrected chi connectivity index (χ0v) is 11.5. The van der Waals surface area contributed by atoms with Crippen molar-refractivity contribution in [3.05, 3.63) is 28.2 Å². The maximum atomic E-state index is 11.9. The molecule has 0 aromatic heterocycles. The minimum Gasteiger partial charge on any atom is -0.399 e. The van der Waals surface area contributed by atoms with E-state index in [9.17, 15) is 4.79 Å². The van der Waals surface area contributed by atoms with Crippen molar-refractivity contribution in [1.29, 1.82) is 0 Å². The standard InChI is InChI=1S/C12H17BrN2O2/c1-12(2,7-16)6-15-11(17)9-5-8(14)3-4-10(9)13/h3-5,16H,6-7,14H2,1-2H3,(H,15,17). The van der Waals surface area contributed by atoms with Crippen LogP contribution >= 0.6 is 15.9 Å². The normalized spacial score (nSPS) is 11.3. The Labute approximate surface area is 109 Å². The molecule has 94 valence electrons. The summed E-state index contributed by atoms with van der Waals surface area (Å²) in [4.78, 5) is 11.9. The first-order chi connectivity index (χ1) is 7.85. The number of aliphatic hydroxyl groups excluding tert-OH is 1. The molecule has 0 aliphatic carbocycles. The van der Waals surface area contributed by atoms with Crippen LogP contribution < -0.4 is 11.1 Å². The fourth-order valence-corrected chi connectivity index (χ4v) is 1.61. The molecule has 0 aliphatic heterocycles. The Morgan fingerprint density at radius 1 is 1.53 bits per heavy atom. The number of hydrogen-bond donors (Lipinski definition) is 3. The lowest BCUT2D eigenvalue weighted by Crippen LogP contribution is -2.36. The van der Waals surface area contributed by atoms with Crippen molar-refractivity contribution in [2.24, 2.45) is 5.41 Å². The van der Waals surface area contributed by atoms with Gasteiger partial charge < -0.3 is 16.2 Å². The van der Waals surface area contributed by atoms with Gasteiger partial charge in [-0.05, 0) is 34.1 Å². The Hall–Kier alpha value is -1.07. The van der Waals surface area contributed by atoms with Crippen LogP contribution in [-0.2, 0) is 0 Å². The van der Waals surface area contributed by atoms with E-state index < -0.39 is 0 Å². The van der Waals surface area contributed by atoms with E-state index in [2.05, 4.69) is 21.2 Å². The van der Waals surface area contributed by atoms with Crippen LogP contribution in [0, 0.1) is 5.41 Å². The molecule has 1 rings (SSSR count). The van der Waals surface area contributed by atoms with Crippen LogP contribution in [0.2, 0.25) is 0 Å². The van der Waals surface area contributed by atoms with Crippen molar-refractivity contribution in [3.8, 4) is 0 Å². The van der Waals surface area contributed by atoms with Gasteiger partial charge in [-0.15, -0.1) is 0 Å². The van der Waals surface area contributed by atoms with Gasteiger partial charge in [-0.3, -0.25) is 4.79 Å². The Morgan fingerprint density at radius 2 is 2.18 bits per heavy atom. The number of hydrogen-bond acceptors (Lipinski definition) is 3. The Balaban J connectivity index is 2.74. The SMILES string of the molecule is CC(C)(CO)CNC(=O)c1cc(N)ccc1Br. The van der Waals surface area contributed by atoms with Gasteiger partial charge in [0.05, 0.1) is 5.56 Å². The molecule has 0 bridgehead atoms. The summed E-state index contributed by atoms with van der Waals surface area (Å²) in [5.74, 6) is -0.203. The number of anilines is 1. The number of amides is 1. The van der Waals surface area contributed by atoms with E-state index >= 15 is 0 Å². The van der Waals surface area contributed by atoms with Crippen LogP contribution in [0.25, 0.3) is 0 Å². The molecule has 1 aromatic carbocycles. The van der Waals surface area contributed by atoms with Crippen molar-refractivity contribution >= 4 is 27.5 Å². The van der Waals surface area contributed by atoms with Crippen LogP contribution in [-0.4, -0.2) is 24.2 Å². The third kappa shape index (κ3) is 4.02. The number of rotatable bonds is 4. The number of carbonyl (C=O) groups is 1. The number of nitrogen functional groups attached to an aromatic ring is 1. The third-order valence-electron chi connectivity index (χ3n) is 2.39. The third-order valence-corrected chi connectivity index (χ3v) is 3.08. The van der Waals surface area contributed by atoms with Gasteiger partial charge in [0.15, 0.2) is 0 Å². The molecule has 0 saturated carbocycles. The van der Waals surface area contributed by atoms with Gasteiger partial charge in [0.1, 0.15) is 0 Å². The molecule has 17 heavy (non-hydrogen) atoms. The number of benzene rings is 1. The Kier molecular flexibility index (Phi) is 4.54. The molecule has 0 unspecified atom stereocenters. The summed E-state index contributed by atoms with van der Waals surface area (Å²) in [5, 5.41) is 11.9. The van der Waals surface area contributed by atoms with Gasteiger partial charge in [-0.1, -0.05) is 13.8 Å². The monoisotopic (exact) mass is 300 g/mol. The van der Waals surface area contributed by atoms with Crippen LogP contribution in [0.1, 0.15) is 24.2 Å². The second-order valence-electron chi connectivity index (χ2n) is 4.74. The van der Waals surface area contributed by atoms with Crippen molar-refractivity contribution < 1.29 is 9.90 Å². The van der Waals surface area contributed by atoms with Crippen molar-refractivity contribution in [1.82, 2.24) is 5.32 Å². The summed E-state index contributed by atoms with van der Waals surface area (Å²) in [7, 11) is 0. The number of halogens is 1. The summed E-state index contributed by atoms with van der Waals surface area (Å²) in [5.41, 5.74) is 6.34. The largest absolute Gasteiger partial charge is 0.399 e. The van der Waals surface area contributed by atoms with E-state index in [-0.39, 0.29) is 17.9 Å². The first-order valence-electron chi connectivity index (χ1n) is 5.30. The molecule has 1 aromatic rings. The predicted octanol–water partition coefficient (Wildman–Crippen LogP) is 1.78. The minimum atomic E-state index is -0.331. The summed E-state index contributed by atoms with van der Waals surface area (Å²) in [6, 6.07) is 5.07. The number of carbonyl (C=O) groups excluding carboxylic acids is 1. The second-order valence-corrected chi connectivity index (χ2v) is 5.60. The molecule has 0 saturated heterocycles. The lowest BCUT2D eigenvalue weighted by Gasteiger charge is -2.22. The molecule has 4 nitrogen and oxygen atoms in total. The highest BCUT2D eigenvalue weighted by Gasteiger charge is 2.18. The quantitative estimate of drug-likeness (QED) is 0.742. The lowest BCUT2D eigenvalue weighted by atomic mass is 9.95. The van der Waals surface area contributed by atoms with E-state index in [4.69, 9.17) is 10.8 Å². The second kappa shape index (κ2) is 5.51. The van der Waals surface area contributed by atoms with Gasteiger partial charge >= 0.3 is 0 Å². The van der Waals surface area contributed by atoms with E-state index in [1.807, 2.05) is 13.8 Å². The summed E-state index contributed by atoms with van der Waals surface area (Å²) < 4.78 is 0.700. The first-order valence-corrected chi connectivity index (χ1v) is 6.09. The Bertz CT molecular complexity index is 419.